The zero-order valence-electron chi connectivity index (χ0n) is 13.4. The zero-order chi connectivity index (χ0) is 14.8. The molecule has 0 spiro atoms. The Morgan fingerprint density at radius 3 is 2.20 bits per heavy atom. The van der Waals surface area contributed by atoms with Gasteiger partial charge in [-0.1, -0.05) is 29.3 Å². The smallest absolute Gasteiger partial charge is 0.0429 e. The van der Waals surface area contributed by atoms with Crippen molar-refractivity contribution in [1.29, 1.82) is 0 Å². The number of hydrogen-bond acceptors (Lipinski definition) is 3. The first kappa shape index (κ1) is 15.5. The SMILES string of the molecule is Cc1cc(C)cc(CC(NN)C(C)(C)N2CCCC2)c1. The van der Waals surface area contributed by atoms with Gasteiger partial charge in [0.25, 0.3) is 0 Å². The molecule has 0 aliphatic carbocycles. The third-order valence-corrected chi connectivity index (χ3v) is 4.70. The maximum absolute atomic E-state index is 5.87. The minimum Gasteiger partial charge on any atom is -0.297 e. The minimum absolute atomic E-state index is 0.0862. The topological polar surface area (TPSA) is 41.3 Å². The van der Waals surface area contributed by atoms with E-state index < -0.39 is 0 Å². The molecule has 1 aliphatic rings. The summed E-state index contributed by atoms with van der Waals surface area (Å²) in [6.45, 7) is 11.3. The van der Waals surface area contributed by atoms with E-state index in [1.54, 1.807) is 0 Å². The zero-order valence-corrected chi connectivity index (χ0v) is 13.4. The number of nitrogens with one attached hydrogen (secondary N) is 1. The molecule has 0 amide bonds. The third kappa shape index (κ3) is 3.40. The molecule has 0 aromatic heterocycles. The van der Waals surface area contributed by atoms with Crippen molar-refractivity contribution >= 4 is 0 Å². The van der Waals surface area contributed by atoms with Gasteiger partial charge in [-0.15, -0.1) is 0 Å². The predicted octanol–water partition coefficient (Wildman–Crippen LogP) is 2.55. The van der Waals surface area contributed by atoms with E-state index in [0.717, 1.165) is 6.42 Å². The fourth-order valence-electron chi connectivity index (χ4n) is 3.45. The Hall–Kier alpha value is -0.900. The van der Waals surface area contributed by atoms with Crippen LogP contribution < -0.4 is 11.3 Å². The van der Waals surface area contributed by atoms with Gasteiger partial charge in [0.05, 0.1) is 0 Å². The second kappa shape index (κ2) is 6.25. The lowest BCUT2D eigenvalue weighted by atomic mass is 9.87. The fraction of sp³-hybridized carbons (Fsp3) is 0.647. The van der Waals surface area contributed by atoms with Crippen molar-refractivity contribution in [2.24, 2.45) is 5.84 Å². The van der Waals surface area contributed by atoms with Crippen LogP contribution in [0.1, 0.15) is 43.4 Å². The van der Waals surface area contributed by atoms with E-state index in [-0.39, 0.29) is 11.6 Å². The Balaban J connectivity index is 2.15. The summed E-state index contributed by atoms with van der Waals surface area (Å²) in [7, 11) is 0. The molecule has 1 saturated heterocycles. The molecular weight excluding hydrogens is 246 g/mol. The molecule has 1 aromatic rings. The molecule has 3 nitrogen and oxygen atoms in total. The van der Waals surface area contributed by atoms with Gasteiger partial charge < -0.3 is 0 Å². The highest BCUT2D eigenvalue weighted by Crippen LogP contribution is 2.26. The Morgan fingerprint density at radius 2 is 1.70 bits per heavy atom. The maximum atomic E-state index is 5.87. The highest BCUT2D eigenvalue weighted by Gasteiger charge is 2.36. The quantitative estimate of drug-likeness (QED) is 0.641. The van der Waals surface area contributed by atoms with Crippen LogP contribution in [0.3, 0.4) is 0 Å². The van der Waals surface area contributed by atoms with Crippen LogP contribution in [0.4, 0.5) is 0 Å². The molecule has 1 fully saturated rings. The summed E-state index contributed by atoms with van der Waals surface area (Å²) in [6, 6.07) is 7.04. The Labute approximate surface area is 123 Å². The van der Waals surface area contributed by atoms with E-state index >= 15 is 0 Å². The van der Waals surface area contributed by atoms with Gasteiger partial charge in [-0.25, -0.2) is 0 Å². The summed E-state index contributed by atoms with van der Waals surface area (Å²) in [4.78, 5) is 2.57. The lowest BCUT2D eigenvalue weighted by Crippen LogP contribution is -2.59. The summed E-state index contributed by atoms with van der Waals surface area (Å²) in [5.74, 6) is 5.87. The number of rotatable bonds is 5. The van der Waals surface area contributed by atoms with Crippen molar-refractivity contribution in [1.82, 2.24) is 10.3 Å². The molecular formula is C17H29N3. The predicted molar refractivity (Wildman–Crippen MR) is 85.6 cm³/mol. The number of benzene rings is 1. The van der Waals surface area contributed by atoms with Gasteiger partial charge in [0.1, 0.15) is 0 Å². The molecule has 0 bridgehead atoms. The van der Waals surface area contributed by atoms with Crippen molar-refractivity contribution < 1.29 is 0 Å². The van der Waals surface area contributed by atoms with Gasteiger partial charge >= 0.3 is 0 Å². The van der Waals surface area contributed by atoms with Crippen LogP contribution in [0.25, 0.3) is 0 Å². The molecule has 1 aromatic carbocycles. The van der Waals surface area contributed by atoms with Crippen LogP contribution in [-0.2, 0) is 6.42 Å². The van der Waals surface area contributed by atoms with Gasteiger partial charge in [-0.05, 0) is 65.6 Å². The van der Waals surface area contributed by atoms with Crippen molar-refractivity contribution in [3.05, 3.63) is 34.9 Å². The number of nitrogens with zero attached hydrogens (tertiary/aromatic N) is 1. The van der Waals surface area contributed by atoms with E-state index in [9.17, 15) is 0 Å². The average Bonchev–Trinajstić information content (AvgIpc) is 2.89. The molecule has 1 unspecified atom stereocenters. The van der Waals surface area contributed by atoms with E-state index in [4.69, 9.17) is 5.84 Å². The molecule has 1 aliphatic heterocycles. The van der Waals surface area contributed by atoms with Gasteiger partial charge in [-0.2, -0.15) is 0 Å². The molecule has 1 atom stereocenters. The number of hydrazine groups is 1. The fourth-order valence-corrected chi connectivity index (χ4v) is 3.45. The highest BCUT2D eigenvalue weighted by molar-refractivity contribution is 5.29. The normalized spacial score (nSPS) is 18.4. The first-order chi connectivity index (χ1) is 9.43. The Bertz CT molecular complexity index is 427. The molecule has 0 saturated carbocycles. The minimum atomic E-state index is 0.0862. The Morgan fingerprint density at radius 1 is 1.15 bits per heavy atom. The van der Waals surface area contributed by atoms with E-state index in [1.807, 2.05) is 0 Å². The van der Waals surface area contributed by atoms with Gasteiger partial charge in [-0.3, -0.25) is 16.2 Å². The standard InChI is InChI=1S/C17H29N3/c1-13-9-14(2)11-15(10-13)12-16(19-18)17(3,4)20-7-5-6-8-20/h9-11,16,19H,5-8,12,18H2,1-4H3. The maximum Gasteiger partial charge on any atom is 0.0429 e. The van der Waals surface area contributed by atoms with Crippen LogP contribution in [0.2, 0.25) is 0 Å². The van der Waals surface area contributed by atoms with E-state index in [0.29, 0.717) is 0 Å². The number of hydrogen-bond donors (Lipinski definition) is 2. The molecule has 1 heterocycles. The molecule has 2 rings (SSSR count). The summed E-state index contributed by atoms with van der Waals surface area (Å²) in [5, 5.41) is 0. The van der Waals surface area contributed by atoms with Crippen LogP contribution >= 0.6 is 0 Å². The summed E-state index contributed by atoms with van der Waals surface area (Å²) in [6.07, 6.45) is 3.59. The third-order valence-electron chi connectivity index (χ3n) is 4.70. The summed E-state index contributed by atoms with van der Waals surface area (Å²) < 4.78 is 0. The lowest BCUT2D eigenvalue weighted by Gasteiger charge is -2.42. The number of aryl methyl sites for hydroxylation is 2. The van der Waals surface area contributed by atoms with Crippen LogP contribution in [0.15, 0.2) is 18.2 Å². The van der Waals surface area contributed by atoms with Gasteiger partial charge in [0, 0.05) is 11.6 Å². The first-order valence-electron chi connectivity index (χ1n) is 7.72. The van der Waals surface area contributed by atoms with Crippen LogP contribution in [0, 0.1) is 13.8 Å². The highest BCUT2D eigenvalue weighted by atomic mass is 15.3. The van der Waals surface area contributed by atoms with Crippen molar-refractivity contribution in [2.75, 3.05) is 13.1 Å². The van der Waals surface area contributed by atoms with E-state index in [1.165, 1.54) is 42.6 Å². The molecule has 0 radical (unpaired) electrons. The first-order valence-corrected chi connectivity index (χ1v) is 7.72. The second-order valence-corrected chi connectivity index (χ2v) is 6.77. The van der Waals surface area contributed by atoms with Crippen molar-refractivity contribution in [2.45, 2.75) is 58.5 Å². The summed E-state index contributed by atoms with van der Waals surface area (Å²) in [5.41, 5.74) is 7.18. The Kier molecular flexibility index (Phi) is 4.84. The van der Waals surface area contributed by atoms with E-state index in [2.05, 4.69) is 56.2 Å². The number of nitrogens with two attached hydrogens (primary N) is 1. The van der Waals surface area contributed by atoms with Crippen molar-refractivity contribution in [3.63, 3.8) is 0 Å². The van der Waals surface area contributed by atoms with Gasteiger partial charge in [0.15, 0.2) is 0 Å². The monoisotopic (exact) mass is 275 g/mol. The molecule has 20 heavy (non-hydrogen) atoms. The lowest BCUT2D eigenvalue weighted by molar-refractivity contribution is 0.106. The largest absolute Gasteiger partial charge is 0.297 e. The molecule has 3 heteroatoms. The summed E-state index contributed by atoms with van der Waals surface area (Å²) >= 11 is 0. The molecule has 3 N–H and O–H groups in total. The second-order valence-electron chi connectivity index (χ2n) is 6.77. The molecule has 112 valence electrons. The van der Waals surface area contributed by atoms with Crippen LogP contribution in [0.5, 0.6) is 0 Å². The van der Waals surface area contributed by atoms with Crippen LogP contribution in [-0.4, -0.2) is 29.6 Å². The average molecular weight is 275 g/mol. The number of likely N-dealkylation sites (tertiary alicyclic amines) is 1. The van der Waals surface area contributed by atoms with Crippen molar-refractivity contribution in [3.8, 4) is 0 Å². The van der Waals surface area contributed by atoms with Gasteiger partial charge in [0.2, 0.25) is 0 Å².